The molecule has 4 aliphatic rings. The van der Waals surface area contributed by atoms with Crippen molar-refractivity contribution in [3.05, 3.63) is 0 Å². The SMILES string of the molecule is O=[Se](N[C@@H]1O[C@H](CO)[C@H](O)[C@H](N2CC(C3CCCC(F)C3)NN2)[C@H]1O)C1CCCCC1. The molecule has 0 aromatic rings. The first-order valence-corrected chi connectivity index (χ1v) is 14.2. The second-order valence-corrected chi connectivity index (χ2v) is 12.6. The molecule has 2 heterocycles. The van der Waals surface area contributed by atoms with Crippen molar-refractivity contribution in [1.82, 2.24) is 20.3 Å². The summed E-state index contributed by atoms with van der Waals surface area (Å²) in [5.74, 6) is 0.182. The molecule has 2 aliphatic heterocycles. The van der Waals surface area contributed by atoms with Gasteiger partial charge in [0.15, 0.2) is 0 Å². The zero-order chi connectivity index (χ0) is 22.0. The Morgan fingerprint density at radius 1 is 1.10 bits per heavy atom. The quantitative estimate of drug-likeness (QED) is 0.270. The number of alkyl halides is 1. The average Bonchev–Trinajstić information content (AvgIpc) is 3.26. The van der Waals surface area contributed by atoms with Crippen LogP contribution in [-0.2, 0) is 8.57 Å². The number of hydrogen-bond donors (Lipinski definition) is 6. The second kappa shape index (κ2) is 10.9. The van der Waals surface area contributed by atoms with Crippen molar-refractivity contribution in [3.63, 3.8) is 0 Å². The topological polar surface area (TPSA) is 126 Å². The van der Waals surface area contributed by atoms with Gasteiger partial charge in [0, 0.05) is 0 Å². The third kappa shape index (κ3) is 5.54. The van der Waals surface area contributed by atoms with E-state index in [0.717, 1.165) is 44.9 Å². The van der Waals surface area contributed by atoms with Gasteiger partial charge in [-0.25, -0.2) is 0 Å². The number of nitrogens with one attached hydrogen (secondary N) is 3. The van der Waals surface area contributed by atoms with Gasteiger partial charge in [-0.15, -0.1) is 0 Å². The normalized spacial score (nSPS) is 44.4. The first-order valence-electron chi connectivity index (χ1n) is 11.7. The van der Waals surface area contributed by atoms with Crippen LogP contribution in [0.1, 0.15) is 57.8 Å². The Labute approximate surface area is 187 Å². The van der Waals surface area contributed by atoms with Crippen LogP contribution in [0.4, 0.5) is 4.39 Å². The van der Waals surface area contributed by atoms with Gasteiger partial charge in [0.25, 0.3) is 0 Å². The van der Waals surface area contributed by atoms with Crippen molar-refractivity contribution in [2.24, 2.45) is 5.92 Å². The average molecular weight is 511 g/mol. The molecule has 4 fully saturated rings. The molecule has 2 saturated heterocycles. The fraction of sp³-hybridized carbons (Fsp3) is 1.00. The van der Waals surface area contributed by atoms with E-state index in [4.69, 9.17) is 4.74 Å². The standard InChI is InChI=1S/C20H37FN4O5Se/c21-13-6-4-5-12(9-13)15-10-25(24-22-15)17-18(27)16(11-26)30-20(19(17)28)23-31(29)14-7-2-1-3-8-14/h12-20,22-24,26-28H,1-11H2/t12?,13?,15?,16-,17+,18+,19-,20-,31?/m1/s1. The Morgan fingerprint density at radius 3 is 2.58 bits per heavy atom. The molecule has 6 N–H and O–H groups in total. The number of rotatable bonds is 6. The summed E-state index contributed by atoms with van der Waals surface area (Å²) in [6.07, 6.45) is 3.17. The van der Waals surface area contributed by atoms with Crippen LogP contribution in [-0.4, -0.2) is 90.3 Å². The summed E-state index contributed by atoms with van der Waals surface area (Å²) in [6, 6.07) is -0.765. The number of hydrogen-bond acceptors (Lipinski definition) is 8. The van der Waals surface area contributed by atoms with Gasteiger partial charge < -0.3 is 0 Å². The van der Waals surface area contributed by atoms with E-state index in [1.807, 2.05) is 0 Å². The first kappa shape index (κ1) is 24.1. The number of aliphatic hydroxyl groups is 3. The molecule has 0 aromatic carbocycles. The zero-order valence-corrected chi connectivity index (χ0v) is 19.6. The third-order valence-corrected chi connectivity index (χ3v) is 10.6. The van der Waals surface area contributed by atoms with Gasteiger partial charge in [0.05, 0.1) is 0 Å². The third-order valence-electron chi connectivity index (χ3n) is 7.35. The Hall–Kier alpha value is -0.0705. The molecule has 0 bridgehead atoms. The molecule has 9 atom stereocenters. The van der Waals surface area contributed by atoms with Crippen LogP contribution in [0.5, 0.6) is 0 Å². The summed E-state index contributed by atoms with van der Waals surface area (Å²) in [4.78, 5) is 0.110. The van der Waals surface area contributed by atoms with E-state index in [1.165, 1.54) is 0 Å². The van der Waals surface area contributed by atoms with Crippen LogP contribution >= 0.6 is 0 Å². The Balaban J connectivity index is 1.41. The van der Waals surface area contributed by atoms with Crippen LogP contribution in [0, 0.1) is 5.92 Å². The van der Waals surface area contributed by atoms with Gasteiger partial charge in [0.1, 0.15) is 0 Å². The molecule has 4 rings (SSSR count). The molecule has 0 amide bonds. The van der Waals surface area contributed by atoms with Crippen molar-refractivity contribution in [2.45, 2.75) is 105 Å². The van der Waals surface area contributed by atoms with Crippen LogP contribution in [0.25, 0.3) is 0 Å². The molecule has 0 aromatic heterocycles. The fourth-order valence-electron chi connectivity index (χ4n) is 5.52. The Kier molecular flexibility index (Phi) is 8.47. The summed E-state index contributed by atoms with van der Waals surface area (Å²) in [6.45, 7) is 0.0765. The minimum absolute atomic E-state index is 0.00251. The molecule has 9 nitrogen and oxygen atoms in total. The maximum atomic E-state index is 13.9. The Bertz CT molecular complexity index is 616. The Morgan fingerprint density at radius 2 is 1.87 bits per heavy atom. The summed E-state index contributed by atoms with van der Waals surface area (Å²) >= 11 is -2.45. The van der Waals surface area contributed by atoms with Crippen molar-refractivity contribution in [1.29, 1.82) is 0 Å². The minimum atomic E-state index is -2.45. The van der Waals surface area contributed by atoms with Gasteiger partial charge in [-0.3, -0.25) is 0 Å². The van der Waals surface area contributed by atoms with E-state index in [1.54, 1.807) is 5.01 Å². The maximum absolute atomic E-state index is 13.9. The van der Waals surface area contributed by atoms with Gasteiger partial charge >= 0.3 is 187 Å². The van der Waals surface area contributed by atoms with Gasteiger partial charge in [-0.2, -0.15) is 0 Å². The first-order chi connectivity index (χ1) is 15.0. The van der Waals surface area contributed by atoms with Crippen LogP contribution in [0.2, 0.25) is 4.82 Å². The van der Waals surface area contributed by atoms with Gasteiger partial charge in [-0.05, 0) is 0 Å². The van der Waals surface area contributed by atoms with Crippen LogP contribution in [0.3, 0.4) is 0 Å². The number of aliphatic hydroxyl groups excluding tert-OH is 3. The fourth-order valence-corrected chi connectivity index (χ4v) is 8.41. The molecular weight excluding hydrogens is 474 g/mol. The van der Waals surface area contributed by atoms with E-state index in [2.05, 4.69) is 15.3 Å². The number of halogens is 1. The van der Waals surface area contributed by atoms with E-state index < -0.39 is 57.4 Å². The van der Waals surface area contributed by atoms with Crippen LogP contribution < -0.4 is 15.3 Å². The molecule has 2 saturated carbocycles. The molecule has 31 heavy (non-hydrogen) atoms. The monoisotopic (exact) mass is 512 g/mol. The predicted octanol–water partition coefficient (Wildman–Crippen LogP) is -0.142. The van der Waals surface area contributed by atoms with E-state index in [0.29, 0.717) is 19.4 Å². The van der Waals surface area contributed by atoms with E-state index in [9.17, 15) is 23.5 Å². The zero-order valence-electron chi connectivity index (χ0n) is 17.9. The van der Waals surface area contributed by atoms with Crippen molar-refractivity contribution < 1.29 is 28.3 Å². The molecule has 180 valence electrons. The van der Waals surface area contributed by atoms with E-state index >= 15 is 0 Å². The molecule has 2 aliphatic carbocycles. The molecule has 0 radical (unpaired) electrons. The van der Waals surface area contributed by atoms with Crippen molar-refractivity contribution >= 4 is 14.1 Å². The van der Waals surface area contributed by atoms with Gasteiger partial charge in [0.2, 0.25) is 0 Å². The number of ether oxygens (including phenoxy) is 1. The summed E-state index contributed by atoms with van der Waals surface area (Å²) in [5, 5.41) is 33.3. The summed E-state index contributed by atoms with van der Waals surface area (Å²) < 4.78 is 35.5. The number of nitrogens with zero attached hydrogens (tertiary/aromatic N) is 1. The van der Waals surface area contributed by atoms with Crippen molar-refractivity contribution in [3.8, 4) is 0 Å². The second-order valence-electron chi connectivity index (χ2n) is 9.46. The molecule has 0 spiro atoms. The molecule has 4 unspecified atom stereocenters. The van der Waals surface area contributed by atoms with E-state index in [-0.39, 0.29) is 16.8 Å². The molecular formula is C20H37FN4O5Se. The molecule has 11 heteroatoms. The van der Waals surface area contributed by atoms with Crippen molar-refractivity contribution in [2.75, 3.05) is 13.2 Å². The van der Waals surface area contributed by atoms with Gasteiger partial charge in [-0.1, -0.05) is 0 Å². The summed E-state index contributed by atoms with van der Waals surface area (Å²) in [7, 11) is 0. The van der Waals surface area contributed by atoms with Crippen LogP contribution in [0.15, 0.2) is 0 Å². The summed E-state index contributed by atoms with van der Waals surface area (Å²) in [5.41, 5.74) is 6.22. The predicted molar refractivity (Wildman–Crippen MR) is 112 cm³/mol. The number of hydrazine groups is 2.